The summed E-state index contributed by atoms with van der Waals surface area (Å²) in [5.41, 5.74) is 3.26. The van der Waals surface area contributed by atoms with Crippen molar-refractivity contribution in [3.8, 4) is 5.75 Å². The van der Waals surface area contributed by atoms with Gasteiger partial charge in [0, 0.05) is 12.1 Å². The molecule has 0 aliphatic heterocycles. The van der Waals surface area contributed by atoms with E-state index >= 15 is 0 Å². The van der Waals surface area contributed by atoms with Gasteiger partial charge in [-0.3, -0.25) is 0 Å². The van der Waals surface area contributed by atoms with Gasteiger partial charge in [0.05, 0.1) is 16.8 Å². The summed E-state index contributed by atoms with van der Waals surface area (Å²) in [4.78, 5) is 0. The Balaban J connectivity index is 2.12. The van der Waals surface area contributed by atoms with E-state index < -0.39 is 0 Å². The highest BCUT2D eigenvalue weighted by Gasteiger charge is 2.06. The van der Waals surface area contributed by atoms with Gasteiger partial charge in [-0.2, -0.15) is 0 Å². The van der Waals surface area contributed by atoms with Gasteiger partial charge in [0.1, 0.15) is 5.75 Å². The van der Waals surface area contributed by atoms with E-state index in [1.54, 1.807) is 0 Å². The van der Waals surface area contributed by atoms with Crippen molar-refractivity contribution in [2.45, 2.75) is 33.4 Å². The monoisotopic (exact) mass is 289 g/mol. The van der Waals surface area contributed by atoms with Crippen LogP contribution in [0.5, 0.6) is 5.75 Å². The topological polar surface area (TPSA) is 21.3 Å². The number of anilines is 1. The second-order valence-electron chi connectivity index (χ2n) is 5.11. The predicted octanol–water partition coefficient (Wildman–Crippen LogP) is 5.05. The van der Waals surface area contributed by atoms with E-state index in [2.05, 4.69) is 18.3 Å². The lowest BCUT2D eigenvalue weighted by Gasteiger charge is -2.15. The van der Waals surface area contributed by atoms with Crippen LogP contribution >= 0.6 is 11.6 Å². The SMILES string of the molecule is Cc1ccc(Cl)c(NCc2ccccc2OC(C)C)c1. The Labute approximate surface area is 125 Å². The molecular formula is C17H20ClNO. The molecule has 0 heterocycles. The second kappa shape index (κ2) is 6.67. The van der Waals surface area contributed by atoms with Gasteiger partial charge in [-0.05, 0) is 44.5 Å². The third-order valence-corrected chi connectivity index (χ3v) is 3.26. The van der Waals surface area contributed by atoms with Gasteiger partial charge in [-0.1, -0.05) is 35.9 Å². The maximum atomic E-state index is 6.19. The molecule has 106 valence electrons. The number of rotatable bonds is 5. The van der Waals surface area contributed by atoms with Crippen molar-refractivity contribution < 1.29 is 4.74 Å². The molecule has 0 saturated heterocycles. The van der Waals surface area contributed by atoms with Crippen LogP contribution in [0.4, 0.5) is 5.69 Å². The average Bonchev–Trinajstić information content (AvgIpc) is 2.41. The molecule has 2 aromatic rings. The Morgan fingerprint density at radius 3 is 2.65 bits per heavy atom. The fourth-order valence-corrected chi connectivity index (χ4v) is 2.17. The predicted molar refractivity (Wildman–Crippen MR) is 85.7 cm³/mol. The van der Waals surface area contributed by atoms with Crippen molar-refractivity contribution in [1.29, 1.82) is 0 Å². The number of ether oxygens (including phenoxy) is 1. The van der Waals surface area contributed by atoms with Crippen LogP contribution < -0.4 is 10.1 Å². The minimum Gasteiger partial charge on any atom is -0.491 e. The van der Waals surface area contributed by atoms with Gasteiger partial charge >= 0.3 is 0 Å². The molecule has 1 N–H and O–H groups in total. The minimum atomic E-state index is 0.165. The van der Waals surface area contributed by atoms with E-state index in [1.165, 1.54) is 5.56 Å². The van der Waals surface area contributed by atoms with E-state index in [0.717, 1.165) is 22.0 Å². The van der Waals surface area contributed by atoms with Crippen molar-refractivity contribution in [3.05, 3.63) is 58.6 Å². The molecule has 0 saturated carbocycles. The van der Waals surface area contributed by atoms with Crippen molar-refractivity contribution in [3.63, 3.8) is 0 Å². The number of para-hydroxylation sites is 1. The molecule has 3 heteroatoms. The molecular weight excluding hydrogens is 270 g/mol. The van der Waals surface area contributed by atoms with Gasteiger partial charge < -0.3 is 10.1 Å². The van der Waals surface area contributed by atoms with Crippen molar-refractivity contribution >= 4 is 17.3 Å². The zero-order chi connectivity index (χ0) is 14.5. The molecule has 0 radical (unpaired) electrons. The maximum Gasteiger partial charge on any atom is 0.124 e. The third kappa shape index (κ3) is 3.91. The van der Waals surface area contributed by atoms with E-state index in [1.807, 2.05) is 50.2 Å². The summed E-state index contributed by atoms with van der Waals surface area (Å²) in [7, 11) is 0. The summed E-state index contributed by atoms with van der Waals surface area (Å²) in [6.07, 6.45) is 0.165. The second-order valence-corrected chi connectivity index (χ2v) is 5.52. The molecule has 0 fully saturated rings. The van der Waals surface area contributed by atoms with Crippen molar-refractivity contribution in [1.82, 2.24) is 0 Å². The first-order valence-corrected chi connectivity index (χ1v) is 7.18. The molecule has 20 heavy (non-hydrogen) atoms. The molecule has 0 atom stereocenters. The number of hydrogen-bond acceptors (Lipinski definition) is 2. The maximum absolute atomic E-state index is 6.19. The highest BCUT2D eigenvalue weighted by Crippen LogP contribution is 2.25. The largest absolute Gasteiger partial charge is 0.491 e. The number of hydrogen-bond donors (Lipinski definition) is 1. The first-order chi connectivity index (χ1) is 9.56. The van der Waals surface area contributed by atoms with Gasteiger partial charge in [-0.25, -0.2) is 0 Å². The van der Waals surface area contributed by atoms with Crippen LogP contribution in [0.1, 0.15) is 25.0 Å². The summed E-state index contributed by atoms with van der Waals surface area (Å²) >= 11 is 6.19. The Morgan fingerprint density at radius 2 is 1.90 bits per heavy atom. The summed E-state index contributed by atoms with van der Waals surface area (Å²) < 4.78 is 5.81. The van der Waals surface area contributed by atoms with E-state index in [0.29, 0.717) is 6.54 Å². The van der Waals surface area contributed by atoms with E-state index in [4.69, 9.17) is 16.3 Å². The first-order valence-electron chi connectivity index (χ1n) is 6.81. The molecule has 0 aliphatic rings. The number of halogens is 1. The Bertz CT molecular complexity index is 581. The summed E-state index contributed by atoms with van der Waals surface area (Å²) in [5.74, 6) is 0.916. The molecule has 2 aromatic carbocycles. The zero-order valence-electron chi connectivity index (χ0n) is 12.1. The molecule has 0 unspecified atom stereocenters. The lowest BCUT2D eigenvalue weighted by molar-refractivity contribution is 0.240. The first kappa shape index (κ1) is 14.7. The number of benzene rings is 2. The minimum absolute atomic E-state index is 0.165. The smallest absolute Gasteiger partial charge is 0.124 e. The molecule has 0 aliphatic carbocycles. The van der Waals surface area contributed by atoms with Gasteiger partial charge in [0.25, 0.3) is 0 Å². The van der Waals surface area contributed by atoms with Crippen LogP contribution in [0.25, 0.3) is 0 Å². The van der Waals surface area contributed by atoms with Gasteiger partial charge in [0.2, 0.25) is 0 Å². The molecule has 0 amide bonds. The molecule has 2 nitrogen and oxygen atoms in total. The fourth-order valence-electron chi connectivity index (χ4n) is 1.98. The van der Waals surface area contributed by atoms with Gasteiger partial charge in [0.15, 0.2) is 0 Å². The van der Waals surface area contributed by atoms with Crippen molar-refractivity contribution in [2.24, 2.45) is 0 Å². The number of nitrogens with one attached hydrogen (secondary N) is 1. The molecule has 2 rings (SSSR count). The zero-order valence-corrected chi connectivity index (χ0v) is 12.9. The van der Waals surface area contributed by atoms with Crippen molar-refractivity contribution in [2.75, 3.05) is 5.32 Å². The Morgan fingerprint density at radius 1 is 1.15 bits per heavy atom. The number of aryl methyl sites for hydroxylation is 1. The molecule has 0 bridgehead atoms. The highest BCUT2D eigenvalue weighted by atomic mass is 35.5. The molecule has 0 spiro atoms. The Kier molecular flexibility index (Phi) is 4.91. The summed E-state index contributed by atoms with van der Waals surface area (Å²) in [6.45, 7) is 6.80. The Hall–Kier alpha value is -1.67. The standard InChI is InChI=1S/C17H20ClNO/c1-12(2)20-17-7-5-4-6-14(17)11-19-16-10-13(3)8-9-15(16)18/h4-10,12,19H,11H2,1-3H3. The average molecular weight is 290 g/mol. The fraction of sp³-hybridized carbons (Fsp3) is 0.294. The van der Waals surface area contributed by atoms with Crippen LogP contribution in [0.15, 0.2) is 42.5 Å². The third-order valence-electron chi connectivity index (χ3n) is 2.93. The lowest BCUT2D eigenvalue weighted by Crippen LogP contribution is -2.09. The quantitative estimate of drug-likeness (QED) is 0.832. The van der Waals surface area contributed by atoms with Crippen LogP contribution in [-0.4, -0.2) is 6.10 Å². The van der Waals surface area contributed by atoms with Crippen LogP contribution in [-0.2, 0) is 6.54 Å². The van der Waals surface area contributed by atoms with Crippen LogP contribution in [0, 0.1) is 6.92 Å². The highest BCUT2D eigenvalue weighted by molar-refractivity contribution is 6.33. The van der Waals surface area contributed by atoms with Crippen LogP contribution in [0.2, 0.25) is 5.02 Å². The molecule has 0 aromatic heterocycles. The van der Waals surface area contributed by atoms with E-state index in [-0.39, 0.29) is 6.10 Å². The lowest BCUT2D eigenvalue weighted by atomic mass is 10.1. The van der Waals surface area contributed by atoms with Crippen LogP contribution in [0.3, 0.4) is 0 Å². The summed E-state index contributed by atoms with van der Waals surface area (Å²) in [6, 6.07) is 14.0. The van der Waals surface area contributed by atoms with E-state index in [9.17, 15) is 0 Å². The normalized spacial score (nSPS) is 10.7. The summed E-state index contributed by atoms with van der Waals surface area (Å²) in [5, 5.41) is 4.11. The van der Waals surface area contributed by atoms with Gasteiger partial charge in [-0.15, -0.1) is 0 Å².